The van der Waals surface area contributed by atoms with Crippen LogP contribution in [-0.2, 0) is 27.4 Å². The zero-order valence-corrected chi connectivity index (χ0v) is 15.4. The smallest absolute Gasteiger partial charge is 0.191 e. The highest BCUT2D eigenvalue weighted by atomic mass is 16.5. The van der Waals surface area contributed by atoms with E-state index in [4.69, 9.17) is 14.2 Å². The summed E-state index contributed by atoms with van der Waals surface area (Å²) in [4.78, 5) is 4.68. The summed E-state index contributed by atoms with van der Waals surface area (Å²) in [6.07, 6.45) is 2.23. The Kier molecular flexibility index (Phi) is 9.33. The molecule has 2 N–H and O–H groups in total. The van der Waals surface area contributed by atoms with Gasteiger partial charge in [0.1, 0.15) is 0 Å². The Morgan fingerprint density at radius 2 is 2.12 bits per heavy atom. The fraction of sp³-hybridized carbons (Fsp3) is 0.632. The Bertz CT molecular complexity index is 516. The van der Waals surface area contributed by atoms with Gasteiger partial charge in [0.2, 0.25) is 0 Å². The van der Waals surface area contributed by atoms with Gasteiger partial charge in [0.05, 0.1) is 25.9 Å². The van der Waals surface area contributed by atoms with Gasteiger partial charge in [0, 0.05) is 33.4 Å². The Balaban J connectivity index is 1.75. The van der Waals surface area contributed by atoms with Gasteiger partial charge in [-0.1, -0.05) is 24.3 Å². The fourth-order valence-corrected chi connectivity index (χ4v) is 2.69. The van der Waals surface area contributed by atoms with Gasteiger partial charge in [-0.3, -0.25) is 0 Å². The largest absolute Gasteiger partial charge is 0.380 e. The molecule has 1 fully saturated rings. The molecule has 1 aliphatic rings. The maximum atomic E-state index is 5.78. The van der Waals surface area contributed by atoms with Crippen molar-refractivity contribution < 1.29 is 14.2 Å². The van der Waals surface area contributed by atoms with Crippen molar-refractivity contribution in [2.45, 2.75) is 39.0 Å². The number of rotatable bonds is 10. The van der Waals surface area contributed by atoms with Gasteiger partial charge in [-0.25, -0.2) is 4.99 Å². The Labute approximate surface area is 151 Å². The van der Waals surface area contributed by atoms with Gasteiger partial charge in [0.25, 0.3) is 0 Å². The quantitative estimate of drug-likeness (QED) is 0.385. The van der Waals surface area contributed by atoms with Crippen molar-refractivity contribution >= 4 is 5.96 Å². The van der Waals surface area contributed by atoms with Gasteiger partial charge in [-0.15, -0.1) is 0 Å². The van der Waals surface area contributed by atoms with Gasteiger partial charge >= 0.3 is 0 Å². The van der Waals surface area contributed by atoms with E-state index in [1.54, 1.807) is 7.11 Å². The number of nitrogens with one attached hydrogen (secondary N) is 2. The molecule has 0 amide bonds. The van der Waals surface area contributed by atoms with Crippen molar-refractivity contribution in [3.8, 4) is 0 Å². The lowest BCUT2D eigenvalue weighted by Crippen LogP contribution is -2.38. The van der Waals surface area contributed by atoms with Crippen LogP contribution in [0.2, 0.25) is 0 Å². The average molecular weight is 349 g/mol. The van der Waals surface area contributed by atoms with Crippen LogP contribution in [0.3, 0.4) is 0 Å². The van der Waals surface area contributed by atoms with E-state index in [0.29, 0.717) is 13.2 Å². The summed E-state index contributed by atoms with van der Waals surface area (Å²) in [5, 5.41) is 6.65. The minimum absolute atomic E-state index is 0.277. The molecule has 0 spiro atoms. The number of hydrogen-bond donors (Lipinski definition) is 2. The standard InChI is InChI=1S/C19H31N3O3/c1-3-20-19(21-10-6-11-25-18-9-12-24-15-18)22-13-16-7-4-5-8-17(16)14-23-2/h4-5,7-8,18H,3,6,9-15H2,1-2H3,(H2,20,21,22). The summed E-state index contributed by atoms with van der Waals surface area (Å²) in [7, 11) is 1.71. The monoisotopic (exact) mass is 349 g/mol. The molecule has 1 aliphatic heterocycles. The lowest BCUT2D eigenvalue weighted by molar-refractivity contribution is 0.0420. The Morgan fingerprint density at radius 3 is 2.84 bits per heavy atom. The molecule has 140 valence electrons. The van der Waals surface area contributed by atoms with Crippen LogP contribution in [0.4, 0.5) is 0 Å². The molecular weight excluding hydrogens is 318 g/mol. The first-order valence-electron chi connectivity index (χ1n) is 9.10. The molecule has 25 heavy (non-hydrogen) atoms. The number of guanidine groups is 1. The zero-order chi connectivity index (χ0) is 17.7. The summed E-state index contributed by atoms with van der Waals surface area (Å²) in [5.74, 6) is 0.832. The average Bonchev–Trinajstić information content (AvgIpc) is 3.14. The lowest BCUT2D eigenvalue weighted by atomic mass is 10.1. The number of benzene rings is 1. The van der Waals surface area contributed by atoms with Crippen molar-refractivity contribution in [2.75, 3.05) is 40.0 Å². The van der Waals surface area contributed by atoms with Crippen molar-refractivity contribution in [3.63, 3.8) is 0 Å². The van der Waals surface area contributed by atoms with Crippen LogP contribution in [0.1, 0.15) is 30.9 Å². The summed E-state index contributed by atoms with van der Waals surface area (Å²) in [5.41, 5.74) is 2.36. The molecule has 1 aromatic carbocycles. The molecule has 2 rings (SSSR count). The lowest BCUT2D eigenvalue weighted by Gasteiger charge is -2.13. The van der Waals surface area contributed by atoms with Crippen LogP contribution in [0.15, 0.2) is 29.3 Å². The van der Waals surface area contributed by atoms with Crippen LogP contribution >= 0.6 is 0 Å². The summed E-state index contributed by atoms with van der Waals surface area (Å²) >= 11 is 0. The first-order chi connectivity index (χ1) is 12.3. The summed E-state index contributed by atoms with van der Waals surface area (Å²) < 4.78 is 16.3. The fourth-order valence-electron chi connectivity index (χ4n) is 2.69. The summed E-state index contributed by atoms with van der Waals surface area (Å²) in [6.45, 7) is 7.28. The van der Waals surface area contributed by atoms with Crippen LogP contribution in [0.5, 0.6) is 0 Å². The first-order valence-corrected chi connectivity index (χ1v) is 9.10. The van der Waals surface area contributed by atoms with E-state index in [0.717, 1.165) is 51.7 Å². The molecule has 0 radical (unpaired) electrons. The third-order valence-electron chi connectivity index (χ3n) is 4.02. The third kappa shape index (κ3) is 7.42. The van der Waals surface area contributed by atoms with Crippen molar-refractivity contribution in [3.05, 3.63) is 35.4 Å². The normalized spacial score (nSPS) is 17.7. The topological polar surface area (TPSA) is 64.1 Å². The van der Waals surface area contributed by atoms with Gasteiger partial charge in [0.15, 0.2) is 5.96 Å². The Hall–Kier alpha value is -1.63. The van der Waals surface area contributed by atoms with Crippen LogP contribution < -0.4 is 10.6 Å². The molecule has 6 heteroatoms. The van der Waals surface area contributed by atoms with E-state index in [1.165, 1.54) is 11.1 Å². The number of ether oxygens (including phenoxy) is 3. The van der Waals surface area contributed by atoms with Crippen molar-refractivity contribution in [2.24, 2.45) is 4.99 Å². The van der Waals surface area contributed by atoms with Gasteiger partial charge < -0.3 is 24.8 Å². The molecule has 6 nitrogen and oxygen atoms in total. The zero-order valence-electron chi connectivity index (χ0n) is 15.4. The highest BCUT2D eigenvalue weighted by Gasteiger charge is 2.15. The molecule has 0 saturated carbocycles. The maximum Gasteiger partial charge on any atom is 0.191 e. The maximum absolute atomic E-state index is 5.78. The molecule has 0 aromatic heterocycles. The van der Waals surface area contributed by atoms with E-state index >= 15 is 0 Å². The van der Waals surface area contributed by atoms with E-state index in [1.807, 2.05) is 12.1 Å². The second-order valence-corrected chi connectivity index (χ2v) is 6.03. The SMILES string of the molecule is CCNC(=NCc1ccccc1COC)NCCCOC1CCOC1. The first kappa shape index (κ1) is 19.7. The number of hydrogen-bond acceptors (Lipinski definition) is 4. The molecule has 1 saturated heterocycles. The predicted octanol–water partition coefficient (Wildman–Crippen LogP) is 2.08. The molecule has 1 atom stereocenters. The third-order valence-corrected chi connectivity index (χ3v) is 4.02. The number of methoxy groups -OCH3 is 1. The minimum Gasteiger partial charge on any atom is -0.380 e. The molecule has 0 bridgehead atoms. The van der Waals surface area contributed by atoms with Crippen molar-refractivity contribution in [1.82, 2.24) is 10.6 Å². The van der Waals surface area contributed by atoms with Crippen LogP contribution in [0, 0.1) is 0 Å². The van der Waals surface area contributed by atoms with E-state index in [2.05, 4.69) is 34.7 Å². The molecule has 1 aromatic rings. The molecule has 1 unspecified atom stereocenters. The predicted molar refractivity (Wildman–Crippen MR) is 99.8 cm³/mol. The minimum atomic E-state index is 0.277. The summed E-state index contributed by atoms with van der Waals surface area (Å²) in [6, 6.07) is 8.24. The highest BCUT2D eigenvalue weighted by molar-refractivity contribution is 5.79. The molecule has 0 aliphatic carbocycles. The number of nitrogens with zero attached hydrogens (tertiary/aromatic N) is 1. The van der Waals surface area contributed by atoms with Crippen molar-refractivity contribution in [1.29, 1.82) is 0 Å². The van der Waals surface area contributed by atoms with Crippen LogP contribution in [0.25, 0.3) is 0 Å². The highest BCUT2D eigenvalue weighted by Crippen LogP contribution is 2.11. The number of aliphatic imine (C=N–C) groups is 1. The Morgan fingerprint density at radius 1 is 1.28 bits per heavy atom. The van der Waals surface area contributed by atoms with Gasteiger partial charge in [-0.05, 0) is 30.9 Å². The molecular formula is C19H31N3O3. The molecule has 1 heterocycles. The van der Waals surface area contributed by atoms with Crippen LogP contribution in [-0.4, -0.2) is 52.1 Å². The van der Waals surface area contributed by atoms with Gasteiger partial charge in [-0.2, -0.15) is 0 Å². The van der Waals surface area contributed by atoms with E-state index in [-0.39, 0.29) is 6.10 Å². The van der Waals surface area contributed by atoms with E-state index in [9.17, 15) is 0 Å². The second-order valence-electron chi connectivity index (χ2n) is 6.03. The van der Waals surface area contributed by atoms with E-state index < -0.39 is 0 Å². The second kappa shape index (κ2) is 11.8.